The molecule has 0 saturated carbocycles. The second-order valence-electron chi connectivity index (χ2n) is 8.54. The molecule has 30 heavy (non-hydrogen) atoms. The standard InChI is InChI=1S/C25H32N4O/c1-19-9-11-21(12-10-19)24-26-16-14-23(28-24)29-17-5-8-22(18-29)25(30)27-15-13-20-6-3-2-4-7-20/h6,9-12,14,16,22H,2-5,7-8,13,15,17-18H2,1H3,(H,27,30). The Morgan fingerprint density at radius 2 is 2.03 bits per heavy atom. The first-order valence-corrected chi connectivity index (χ1v) is 11.3. The minimum atomic E-state index is 0.0249. The lowest BCUT2D eigenvalue weighted by molar-refractivity contribution is -0.125. The Hall–Kier alpha value is -2.69. The first-order valence-electron chi connectivity index (χ1n) is 11.3. The third kappa shape index (κ3) is 5.26. The van der Waals surface area contributed by atoms with Crippen molar-refractivity contribution in [3.05, 3.63) is 53.7 Å². The van der Waals surface area contributed by atoms with E-state index in [9.17, 15) is 4.79 Å². The molecule has 0 spiro atoms. The summed E-state index contributed by atoms with van der Waals surface area (Å²) in [6, 6.07) is 10.2. The van der Waals surface area contributed by atoms with Gasteiger partial charge in [0.15, 0.2) is 5.82 Å². The van der Waals surface area contributed by atoms with E-state index in [1.807, 2.05) is 12.3 Å². The second kappa shape index (κ2) is 9.88. The molecule has 2 aliphatic rings. The van der Waals surface area contributed by atoms with Crippen molar-refractivity contribution in [1.82, 2.24) is 15.3 Å². The van der Waals surface area contributed by atoms with Crippen LogP contribution in [-0.4, -0.2) is 35.5 Å². The van der Waals surface area contributed by atoms with E-state index in [1.165, 1.54) is 36.8 Å². The van der Waals surface area contributed by atoms with Crippen molar-refractivity contribution in [2.75, 3.05) is 24.5 Å². The lowest BCUT2D eigenvalue weighted by Gasteiger charge is -2.33. The number of anilines is 1. The van der Waals surface area contributed by atoms with E-state index in [1.54, 1.807) is 0 Å². The van der Waals surface area contributed by atoms with Crippen LogP contribution in [0.25, 0.3) is 11.4 Å². The van der Waals surface area contributed by atoms with Crippen molar-refractivity contribution < 1.29 is 4.79 Å². The average Bonchev–Trinajstić information content (AvgIpc) is 2.80. The van der Waals surface area contributed by atoms with Crippen LogP contribution in [0.5, 0.6) is 0 Å². The molecule has 4 rings (SSSR count). The topological polar surface area (TPSA) is 58.1 Å². The van der Waals surface area contributed by atoms with Crippen molar-refractivity contribution in [1.29, 1.82) is 0 Å². The van der Waals surface area contributed by atoms with Crippen molar-refractivity contribution in [3.63, 3.8) is 0 Å². The molecule has 5 heteroatoms. The number of aryl methyl sites for hydroxylation is 1. The van der Waals surface area contributed by atoms with Crippen molar-refractivity contribution in [2.45, 2.75) is 51.9 Å². The maximum Gasteiger partial charge on any atom is 0.224 e. The summed E-state index contributed by atoms with van der Waals surface area (Å²) in [6.07, 6.45) is 12.1. The molecule has 1 saturated heterocycles. The molecule has 5 nitrogen and oxygen atoms in total. The fourth-order valence-electron chi connectivity index (χ4n) is 4.39. The SMILES string of the molecule is Cc1ccc(-c2nccc(N3CCCC(C(=O)NCCC4=CCCCC4)C3)n2)cc1. The molecule has 1 fully saturated rings. The molecule has 2 aromatic rings. The smallest absolute Gasteiger partial charge is 0.224 e. The summed E-state index contributed by atoms with van der Waals surface area (Å²) in [5.74, 6) is 1.85. The number of amides is 1. The Kier molecular flexibility index (Phi) is 6.77. The van der Waals surface area contributed by atoms with Gasteiger partial charge < -0.3 is 10.2 Å². The van der Waals surface area contributed by atoms with Crippen LogP contribution in [0.2, 0.25) is 0 Å². The fourth-order valence-corrected chi connectivity index (χ4v) is 4.39. The fraction of sp³-hybridized carbons (Fsp3) is 0.480. The molecule has 0 radical (unpaired) electrons. The van der Waals surface area contributed by atoms with Crippen LogP contribution < -0.4 is 10.2 Å². The number of carbonyl (C=O) groups excluding carboxylic acids is 1. The molecular weight excluding hydrogens is 372 g/mol. The van der Waals surface area contributed by atoms with Gasteiger partial charge in [-0.05, 0) is 57.9 Å². The van der Waals surface area contributed by atoms with Crippen LogP contribution in [0.15, 0.2) is 48.2 Å². The van der Waals surface area contributed by atoms with Crippen LogP contribution in [0.4, 0.5) is 5.82 Å². The Balaban J connectivity index is 1.35. The van der Waals surface area contributed by atoms with E-state index < -0.39 is 0 Å². The monoisotopic (exact) mass is 404 g/mol. The quantitative estimate of drug-likeness (QED) is 0.711. The summed E-state index contributed by atoms with van der Waals surface area (Å²) in [7, 11) is 0. The van der Waals surface area contributed by atoms with Gasteiger partial charge in [0, 0.05) is 31.4 Å². The molecule has 1 unspecified atom stereocenters. The summed E-state index contributed by atoms with van der Waals surface area (Å²) in [4.78, 5) is 24.2. The molecule has 2 heterocycles. The molecule has 1 aromatic carbocycles. The maximum atomic E-state index is 12.7. The zero-order valence-electron chi connectivity index (χ0n) is 17.9. The zero-order valence-corrected chi connectivity index (χ0v) is 17.9. The van der Waals surface area contributed by atoms with Crippen molar-refractivity contribution in [3.8, 4) is 11.4 Å². The summed E-state index contributed by atoms with van der Waals surface area (Å²) in [6.45, 7) is 4.48. The molecule has 1 aromatic heterocycles. The number of rotatable bonds is 6. The number of allylic oxidation sites excluding steroid dienone is 1. The van der Waals surface area contributed by atoms with Gasteiger partial charge in [0.05, 0.1) is 5.92 Å². The predicted octanol–water partition coefficient (Wildman–Crippen LogP) is 4.68. The van der Waals surface area contributed by atoms with E-state index in [4.69, 9.17) is 4.98 Å². The molecule has 1 aliphatic carbocycles. The number of hydrogen-bond acceptors (Lipinski definition) is 4. The summed E-state index contributed by atoms with van der Waals surface area (Å²) < 4.78 is 0. The Morgan fingerprint density at radius 1 is 1.17 bits per heavy atom. The normalized spacial score (nSPS) is 19.3. The number of aromatic nitrogens is 2. The van der Waals surface area contributed by atoms with Crippen LogP contribution in [-0.2, 0) is 4.79 Å². The van der Waals surface area contributed by atoms with Gasteiger partial charge >= 0.3 is 0 Å². The maximum absolute atomic E-state index is 12.7. The predicted molar refractivity (Wildman–Crippen MR) is 121 cm³/mol. The minimum absolute atomic E-state index is 0.0249. The third-order valence-corrected chi connectivity index (χ3v) is 6.20. The van der Waals surface area contributed by atoms with Gasteiger partial charge in [0.1, 0.15) is 5.82 Å². The summed E-state index contributed by atoms with van der Waals surface area (Å²) >= 11 is 0. The molecular formula is C25H32N4O. The number of piperidine rings is 1. The van der Waals surface area contributed by atoms with Gasteiger partial charge in [-0.3, -0.25) is 4.79 Å². The first-order chi connectivity index (χ1) is 14.7. The average molecular weight is 405 g/mol. The van der Waals surface area contributed by atoms with Gasteiger partial charge in [0.25, 0.3) is 0 Å². The van der Waals surface area contributed by atoms with Gasteiger partial charge in [0.2, 0.25) is 5.91 Å². The van der Waals surface area contributed by atoms with Crippen LogP contribution in [0.1, 0.15) is 50.5 Å². The molecule has 1 atom stereocenters. The number of nitrogens with one attached hydrogen (secondary N) is 1. The van der Waals surface area contributed by atoms with E-state index in [-0.39, 0.29) is 11.8 Å². The highest BCUT2D eigenvalue weighted by Gasteiger charge is 2.26. The van der Waals surface area contributed by atoms with E-state index in [2.05, 4.69) is 52.5 Å². The number of benzene rings is 1. The summed E-state index contributed by atoms with van der Waals surface area (Å²) in [5, 5.41) is 3.18. The molecule has 158 valence electrons. The molecule has 1 aliphatic heterocycles. The largest absolute Gasteiger partial charge is 0.356 e. The minimum Gasteiger partial charge on any atom is -0.356 e. The Bertz CT molecular complexity index is 890. The van der Waals surface area contributed by atoms with Gasteiger partial charge in [-0.25, -0.2) is 9.97 Å². The van der Waals surface area contributed by atoms with Crippen LogP contribution in [0.3, 0.4) is 0 Å². The first kappa shape index (κ1) is 20.6. The van der Waals surface area contributed by atoms with Gasteiger partial charge in [-0.1, -0.05) is 41.5 Å². The molecule has 1 N–H and O–H groups in total. The number of carbonyl (C=O) groups is 1. The number of hydrogen-bond donors (Lipinski definition) is 1. The molecule has 0 bridgehead atoms. The van der Waals surface area contributed by atoms with Crippen LogP contribution >= 0.6 is 0 Å². The third-order valence-electron chi connectivity index (χ3n) is 6.20. The molecule has 1 amide bonds. The van der Waals surface area contributed by atoms with E-state index in [0.29, 0.717) is 0 Å². The highest BCUT2D eigenvalue weighted by atomic mass is 16.1. The lowest BCUT2D eigenvalue weighted by atomic mass is 9.96. The van der Waals surface area contributed by atoms with Gasteiger partial charge in [-0.15, -0.1) is 0 Å². The Labute approximate surface area is 179 Å². The van der Waals surface area contributed by atoms with E-state index >= 15 is 0 Å². The zero-order chi connectivity index (χ0) is 20.8. The van der Waals surface area contributed by atoms with E-state index in [0.717, 1.165) is 56.1 Å². The number of nitrogens with zero attached hydrogens (tertiary/aromatic N) is 3. The summed E-state index contributed by atoms with van der Waals surface area (Å²) in [5.41, 5.74) is 3.75. The highest BCUT2D eigenvalue weighted by Crippen LogP contribution is 2.24. The highest BCUT2D eigenvalue weighted by molar-refractivity contribution is 5.79. The van der Waals surface area contributed by atoms with Crippen molar-refractivity contribution in [2.24, 2.45) is 5.92 Å². The Morgan fingerprint density at radius 3 is 2.83 bits per heavy atom. The second-order valence-corrected chi connectivity index (χ2v) is 8.54. The van der Waals surface area contributed by atoms with Crippen LogP contribution in [0, 0.1) is 12.8 Å². The van der Waals surface area contributed by atoms with Gasteiger partial charge in [-0.2, -0.15) is 0 Å². The van der Waals surface area contributed by atoms with Crippen molar-refractivity contribution >= 4 is 11.7 Å². The lowest BCUT2D eigenvalue weighted by Crippen LogP contribution is -2.43.